The van der Waals surface area contributed by atoms with E-state index in [1.807, 2.05) is 0 Å². The quantitative estimate of drug-likeness (QED) is 0.814. The number of benzene rings is 1. The predicted octanol–water partition coefficient (Wildman–Crippen LogP) is 1.93. The summed E-state index contributed by atoms with van der Waals surface area (Å²) < 4.78 is 24.6. The van der Waals surface area contributed by atoms with Crippen molar-refractivity contribution in [1.29, 1.82) is 0 Å². The third-order valence-electron chi connectivity index (χ3n) is 2.13. The van der Waals surface area contributed by atoms with Gasteiger partial charge in [0.1, 0.15) is 0 Å². The second kappa shape index (κ2) is 6.06. The molecule has 5 nitrogen and oxygen atoms in total. The van der Waals surface area contributed by atoms with Gasteiger partial charge in [0.25, 0.3) is 0 Å². The third-order valence-corrected chi connectivity index (χ3v) is 2.91. The number of hydrogen-bond acceptors (Lipinski definition) is 3. The van der Waals surface area contributed by atoms with E-state index in [0.717, 1.165) is 11.8 Å². The molecule has 0 saturated heterocycles. The van der Waals surface area contributed by atoms with E-state index in [-0.39, 0.29) is 18.2 Å². The Hall–Kier alpha value is -1.27. The van der Waals surface area contributed by atoms with Gasteiger partial charge in [0.05, 0.1) is 11.9 Å². The minimum absolute atomic E-state index is 0.173. The normalized spacial score (nSPS) is 11.1. The predicted molar refractivity (Wildman–Crippen MR) is 73.6 cm³/mol. The Morgan fingerprint density at radius 1 is 1.39 bits per heavy atom. The summed E-state index contributed by atoms with van der Waals surface area (Å²) in [6.07, 6.45) is 1.33. The fraction of sp³-hybridized carbons (Fsp3) is 0.364. The largest absolute Gasteiger partial charge is 0.326 e. The zero-order chi connectivity index (χ0) is 13.8. The van der Waals surface area contributed by atoms with Crippen molar-refractivity contribution in [3.05, 3.63) is 23.8 Å². The van der Waals surface area contributed by atoms with Crippen molar-refractivity contribution in [2.24, 2.45) is 0 Å². The number of amides is 1. The van der Waals surface area contributed by atoms with Crippen molar-refractivity contribution in [2.75, 3.05) is 22.2 Å². The first-order valence-electron chi connectivity index (χ1n) is 5.26. The summed E-state index contributed by atoms with van der Waals surface area (Å²) in [6, 6.07) is 4.93. The molecule has 0 bridgehead atoms. The van der Waals surface area contributed by atoms with Gasteiger partial charge in [-0.3, -0.25) is 9.52 Å². The first kappa shape index (κ1) is 14.8. The monoisotopic (exact) mass is 290 g/mol. The van der Waals surface area contributed by atoms with Crippen molar-refractivity contribution in [3.63, 3.8) is 0 Å². The number of hydrogen-bond donors (Lipinski definition) is 2. The summed E-state index contributed by atoms with van der Waals surface area (Å²) in [7, 11) is -3.30. The van der Waals surface area contributed by atoms with Gasteiger partial charge >= 0.3 is 0 Å². The zero-order valence-electron chi connectivity index (χ0n) is 10.2. The van der Waals surface area contributed by atoms with Gasteiger partial charge in [0.15, 0.2) is 0 Å². The maximum absolute atomic E-state index is 11.3. The van der Waals surface area contributed by atoms with Crippen molar-refractivity contribution < 1.29 is 13.2 Å². The van der Waals surface area contributed by atoms with Crippen LogP contribution in [0, 0.1) is 6.92 Å². The molecule has 18 heavy (non-hydrogen) atoms. The number of carbonyl (C=O) groups excluding carboxylic acids is 1. The van der Waals surface area contributed by atoms with Crippen LogP contribution in [0.15, 0.2) is 18.2 Å². The lowest BCUT2D eigenvalue weighted by atomic mass is 10.2. The molecule has 1 rings (SSSR count). The van der Waals surface area contributed by atoms with Crippen LogP contribution in [0.1, 0.15) is 12.0 Å². The van der Waals surface area contributed by atoms with E-state index in [0.29, 0.717) is 11.4 Å². The molecule has 100 valence electrons. The summed E-state index contributed by atoms with van der Waals surface area (Å²) in [5.41, 5.74) is 1.83. The van der Waals surface area contributed by atoms with E-state index in [1.165, 1.54) is 0 Å². The Labute approximate surface area is 112 Å². The number of nitrogens with one attached hydrogen (secondary N) is 2. The van der Waals surface area contributed by atoms with Gasteiger partial charge in [-0.1, -0.05) is 0 Å². The van der Waals surface area contributed by atoms with E-state index in [1.54, 1.807) is 25.1 Å². The molecule has 0 aromatic heterocycles. The smallest absolute Gasteiger partial charge is 0.229 e. The average molecular weight is 291 g/mol. The Morgan fingerprint density at radius 3 is 2.56 bits per heavy atom. The molecular weight excluding hydrogens is 276 g/mol. The lowest BCUT2D eigenvalue weighted by molar-refractivity contribution is -0.115. The van der Waals surface area contributed by atoms with Crippen LogP contribution in [0.3, 0.4) is 0 Å². The minimum atomic E-state index is -3.30. The van der Waals surface area contributed by atoms with Gasteiger partial charge in [-0.2, -0.15) is 0 Å². The second-order valence-corrected chi connectivity index (χ2v) is 6.02. The van der Waals surface area contributed by atoms with Crippen molar-refractivity contribution >= 4 is 38.9 Å². The van der Waals surface area contributed by atoms with Crippen molar-refractivity contribution in [3.8, 4) is 0 Å². The molecule has 0 unspecified atom stereocenters. The number of sulfonamides is 1. The van der Waals surface area contributed by atoms with Crippen molar-refractivity contribution in [2.45, 2.75) is 13.3 Å². The minimum Gasteiger partial charge on any atom is -0.326 e. The number of carbonyl (C=O) groups is 1. The highest BCUT2D eigenvalue weighted by Crippen LogP contribution is 2.20. The molecular formula is C11H15ClN2O3S. The Morgan fingerprint density at radius 2 is 2.06 bits per heavy atom. The standard InChI is InChI=1S/C11H15ClN2O3S/c1-8-7-9(13-11(15)5-6-12)3-4-10(8)14-18(2,16)17/h3-4,7,14H,5-6H2,1-2H3,(H,13,15). The van der Waals surface area contributed by atoms with Gasteiger partial charge < -0.3 is 5.32 Å². The molecule has 0 radical (unpaired) electrons. The molecule has 1 amide bonds. The maximum atomic E-state index is 11.3. The van der Waals surface area contributed by atoms with Crippen LogP contribution in [0.25, 0.3) is 0 Å². The zero-order valence-corrected chi connectivity index (χ0v) is 11.7. The summed E-state index contributed by atoms with van der Waals surface area (Å²) in [6.45, 7) is 1.75. The summed E-state index contributed by atoms with van der Waals surface area (Å²) in [4.78, 5) is 11.3. The third kappa shape index (κ3) is 4.93. The molecule has 0 spiro atoms. The number of aryl methyl sites for hydroxylation is 1. The molecule has 0 aliphatic heterocycles. The van der Waals surface area contributed by atoms with Crippen LogP contribution in [0.5, 0.6) is 0 Å². The number of rotatable bonds is 5. The van der Waals surface area contributed by atoms with E-state index in [2.05, 4.69) is 10.0 Å². The van der Waals surface area contributed by atoms with Crippen molar-refractivity contribution in [1.82, 2.24) is 0 Å². The van der Waals surface area contributed by atoms with Crippen LogP contribution in [0.4, 0.5) is 11.4 Å². The Kier molecular flexibility index (Phi) is 4.98. The van der Waals surface area contributed by atoms with Crippen LogP contribution in [0.2, 0.25) is 0 Å². The summed E-state index contributed by atoms with van der Waals surface area (Å²) in [5.74, 6) is 0.0895. The maximum Gasteiger partial charge on any atom is 0.229 e. The highest BCUT2D eigenvalue weighted by Gasteiger charge is 2.07. The van der Waals surface area contributed by atoms with Crippen LogP contribution >= 0.6 is 11.6 Å². The van der Waals surface area contributed by atoms with Gasteiger partial charge in [-0.15, -0.1) is 11.6 Å². The fourth-order valence-corrected chi connectivity index (χ4v) is 2.17. The summed E-state index contributed by atoms with van der Waals surface area (Å²) >= 11 is 5.45. The van der Waals surface area contributed by atoms with Gasteiger partial charge in [-0.05, 0) is 30.7 Å². The molecule has 2 N–H and O–H groups in total. The van der Waals surface area contributed by atoms with Gasteiger partial charge in [0.2, 0.25) is 15.9 Å². The molecule has 0 aliphatic rings. The topological polar surface area (TPSA) is 75.3 Å². The molecule has 0 saturated carbocycles. The lowest BCUT2D eigenvalue weighted by Crippen LogP contribution is -2.13. The highest BCUT2D eigenvalue weighted by molar-refractivity contribution is 7.92. The summed E-state index contributed by atoms with van der Waals surface area (Å²) in [5, 5.41) is 2.67. The fourth-order valence-electron chi connectivity index (χ4n) is 1.36. The average Bonchev–Trinajstić information content (AvgIpc) is 2.21. The number of halogens is 1. The molecule has 0 fully saturated rings. The van der Waals surface area contributed by atoms with E-state index < -0.39 is 10.0 Å². The highest BCUT2D eigenvalue weighted by atomic mass is 35.5. The molecule has 1 aromatic carbocycles. The van der Waals surface area contributed by atoms with Crippen LogP contribution in [-0.4, -0.2) is 26.5 Å². The number of alkyl halides is 1. The first-order valence-corrected chi connectivity index (χ1v) is 7.68. The van der Waals surface area contributed by atoms with E-state index in [4.69, 9.17) is 11.6 Å². The van der Waals surface area contributed by atoms with E-state index in [9.17, 15) is 13.2 Å². The second-order valence-electron chi connectivity index (χ2n) is 3.89. The van der Waals surface area contributed by atoms with Crippen LogP contribution < -0.4 is 10.0 Å². The van der Waals surface area contributed by atoms with E-state index >= 15 is 0 Å². The molecule has 0 aliphatic carbocycles. The number of anilines is 2. The first-order chi connectivity index (χ1) is 8.31. The molecule has 0 heterocycles. The Balaban J connectivity index is 2.83. The lowest BCUT2D eigenvalue weighted by Gasteiger charge is -2.10. The van der Waals surface area contributed by atoms with Crippen LogP contribution in [-0.2, 0) is 14.8 Å². The molecule has 7 heteroatoms. The van der Waals surface area contributed by atoms with Gasteiger partial charge in [0, 0.05) is 18.0 Å². The molecule has 1 aromatic rings. The Bertz CT molecular complexity index is 543. The van der Waals surface area contributed by atoms with Gasteiger partial charge in [-0.25, -0.2) is 8.42 Å². The molecule has 0 atom stereocenters. The SMILES string of the molecule is Cc1cc(NC(=O)CCCl)ccc1NS(C)(=O)=O.